The maximum atomic E-state index is 11.8. The number of ether oxygens (including phenoxy) is 1. The van der Waals surface area contributed by atoms with Crippen LogP contribution in [-0.4, -0.2) is 23.1 Å². The van der Waals surface area contributed by atoms with Crippen molar-refractivity contribution in [2.24, 2.45) is 0 Å². The second-order valence-electron chi connectivity index (χ2n) is 5.60. The van der Waals surface area contributed by atoms with Gasteiger partial charge in [-0.2, -0.15) is 0 Å². The van der Waals surface area contributed by atoms with Crippen LogP contribution in [0.15, 0.2) is 18.2 Å². The molecule has 0 amide bonds. The van der Waals surface area contributed by atoms with Crippen LogP contribution in [-0.2, 0) is 6.42 Å². The highest BCUT2D eigenvalue weighted by Gasteiger charge is 2.25. The van der Waals surface area contributed by atoms with Crippen molar-refractivity contribution in [2.75, 3.05) is 0 Å². The van der Waals surface area contributed by atoms with E-state index >= 15 is 0 Å². The first kappa shape index (κ1) is 12.7. The molecule has 0 radical (unpaired) electrons. The van der Waals surface area contributed by atoms with Gasteiger partial charge in [0.25, 0.3) is 0 Å². The zero-order valence-electron chi connectivity index (χ0n) is 11.1. The van der Waals surface area contributed by atoms with Gasteiger partial charge in [-0.15, -0.1) is 0 Å². The molecule has 3 heteroatoms. The number of fused-ring (bicyclic) bond motifs is 1. The molecule has 1 aromatic carbocycles. The van der Waals surface area contributed by atoms with Gasteiger partial charge in [0.05, 0.1) is 6.10 Å². The van der Waals surface area contributed by atoms with Crippen LogP contribution >= 0.6 is 0 Å². The predicted molar refractivity (Wildman–Crippen MR) is 72.6 cm³/mol. The van der Waals surface area contributed by atoms with Crippen molar-refractivity contribution in [1.29, 1.82) is 0 Å². The maximum Gasteiger partial charge on any atom is 0.163 e. The lowest BCUT2D eigenvalue weighted by Crippen LogP contribution is -2.34. The molecular weight excluding hydrogens is 240 g/mol. The van der Waals surface area contributed by atoms with Crippen molar-refractivity contribution in [3.8, 4) is 5.75 Å². The molecule has 0 saturated heterocycles. The molecule has 2 aliphatic rings. The molecular formula is C16H20O3. The van der Waals surface area contributed by atoms with Crippen LogP contribution in [0.4, 0.5) is 0 Å². The van der Waals surface area contributed by atoms with Gasteiger partial charge in [0, 0.05) is 12.0 Å². The molecule has 0 bridgehead atoms. The fourth-order valence-corrected chi connectivity index (χ4v) is 3.09. The number of hydrogen-bond acceptors (Lipinski definition) is 3. The number of aliphatic hydroxyl groups excluding tert-OH is 1. The van der Waals surface area contributed by atoms with Crippen LogP contribution in [0.5, 0.6) is 5.75 Å². The topological polar surface area (TPSA) is 46.5 Å². The van der Waals surface area contributed by atoms with E-state index in [1.807, 2.05) is 18.2 Å². The first-order valence-electron chi connectivity index (χ1n) is 7.25. The molecule has 2 unspecified atom stereocenters. The summed E-state index contributed by atoms with van der Waals surface area (Å²) in [5, 5.41) is 9.93. The third kappa shape index (κ3) is 2.66. The molecule has 0 spiro atoms. The molecule has 0 aliphatic heterocycles. The number of aryl methyl sites for hydroxylation is 1. The Morgan fingerprint density at radius 2 is 1.95 bits per heavy atom. The summed E-state index contributed by atoms with van der Waals surface area (Å²) < 4.78 is 5.91. The van der Waals surface area contributed by atoms with E-state index in [9.17, 15) is 9.90 Å². The van der Waals surface area contributed by atoms with Crippen LogP contribution < -0.4 is 4.74 Å². The van der Waals surface area contributed by atoms with Crippen LogP contribution in [0.1, 0.15) is 54.4 Å². The largest absolute Gasteiger partial charge is 0.488 e. The van der Waals surface area contributed by atoms with E-state index in [1.165, 1.54) is 0 Å². The van der Waals surface area contributed by atoms with E-state index in [-0.39, 0.29) is 18.0 Å². The standard InChI is InChI=1S/C16H20O3/c17-14-6-3-4-11-10-12(8-9-13(11)14)19-16-7-2-1-5-15(16)18/h8-10,15-16,18H,1-7H2. The summed E-state index contributed by atoms with van der Waals surface area (Å²) in [6.45, 7) is 0. The number of hydrogen-bond donors (Lipinski definition) is 1. The van der Waals surface area contributed by atoms with Gasteiger partial charge in [0.15, 0.2) is 5.78 Å². The van der Waals surface area contributed by atoms with E-state index < -0.39 is 0 Å². The SMILES string of the molecule is O=C1CCCc2cc(OC3CCCCC3O)ccc21. The van der Waals surface area contributed by atoms with Gasteiger partial charge in [-0.05, 0) is 55.9 Å². The third-order valence-electron chi connectivity index (χ3n) is 4.18. The molecule has 1 fully saturated rings. The molecule has 0 aromatic heterocycles. The van der Waals surface area contributed by atoms with Crippen LogP contribution in [0.3, 0.4) is 0 Å². The summed E-state index contributed by atoms with van der Waals surface area (Å²) in [6, 6.07) is 5.72. The number of carbonyl (C=O) groups is 1. The highest BCUT2D eigenvalue weighted by molar-refractivity contribution is 5.98. The van der Waals surface area contributed by atoms with E-state index in [2.05, 4.69) is 0 Å². The smallest absolute Gasteiger partial charge is 0.163 e. The first-order valence-corrected chi connectivity index (χ1v) is 7.25. The molecule has 1 N–H and O–H groups in total. The first-order chi connectivity index (χ1) is 9.24. The number of benzene rings is 1. The summed E-state index contributed by atoms with van der Waals surface area (Å²) in [6.07, 6.45) is 6.04. The molecule has 19 heavy (non-hydrogen) atoms. The lowest BCUT2D eigenvalue weighted by atomic mass is 9.90. The average molecular weight is 260 g/mol. The van der Waals surface area contributed by atoms with Gasteiger partial charge in [-0.25, -0.2) is 0 Å². The Labute approximate surface area is 113 Å². The summed E-state index contributed by atoms with van der Waals surface area (Å²) in [4.78, 5) is 11.8. The predicted octanol–water partition coefficient (Wildman–Crippen LogP) is 2.89. The Balaban J connectivity index is 1.76. The van der Waals surface area contributed by atoms with Crippen molar-refractivity contribution in [3.05, 3.63) is 29.3 Å². The number of aliphatic hydroxyl groups is 1. The van der Waals surface area contributed by atoms with Gasteiger partial charge in [0.1, 0.15) is 11.9 Å². The minimum absolute atomic E-state index is 0.0916. The van der Waals surface area contributed by atoms with Crippen LogP contribution in [0.25, 0.3) is 0 Å². The number of carbonyl (C=O) groups excluding carboxylic acids is 1. The normalized spacial score (nSPS) is 26.9. The Kier molecular flexibility index (Phi) is 3.56. The minimum Gasteiger partial charge on any atom is -0.488 e. The quantitative estimate of drug-likeness (QED) is 0.889. The Bertz CT molecular complexity index is 481. The molecule has 3 rings (SSSR count). The molecule has 1 saturated carbocycles. The lowest BCUT2D eigenvalue weighted by molar-refractivity contribution is 0.00682. The van der Waals surface area contributed by atoms with E-state index in [4.69, 9.17) is 4.74 Å². The number of ketones is 1. The Morgan fingerprint density at radius 3 is 2.79 bits per heavy atom. The van der Waals surface area contributed by atoms with Crippen LogP contribution in [0.2, 0.25) is 0 Å². The van der Waals surface area contributed by atoms with Crippen molar-refractivity contribution >= 4 is 5.78 Å². The van der Waals surface area contributed by atoms with E-state index in [0.29, 0.717) is 6.42 Å². The third-order valence-corrected chi connectivity index (χ3v) is 4.18. The van der Waals surface area contributed by atoms with Crippen molar-refractivity contribution < 1.29 is 14.6 Å². The van der Waals surface area contributed by atoms with Crippen molar-refractivity contribution in [2.45, 2.75) is 57.2 Å². The molecule has 102 valence electrons. The van der Waals surface area contributed by atoms with Gasteiger partial charge in [-0.3, -0.25) is 4.79 Å². The van der Waals surface area contributed by atoms with Crippen LogP contribution in [0, 0.1) is 0 Å². The summed E-state index contributed by atoms with van der Waals surface area (Å²) in [5.41, 5.74) is 1.95. The lowest BCUT2D eigenvalue weighted by Gasteiger charge is -2.28. The highest BCUT2D eigenvalue weighted by Crippen LogP contribution is 2.28. The molecule has 0 heterocycles. The zero-order chi connectivity index (χ0) is 13.2. The van der Waals surface area contributed by atoms with E-state index in [0.717, 1.165) is 55.4 Å². The Morgan fingerprint density at radius 1 is 1.11 bits per heavy atom. The van der Waals surface area contributed by atoms with E-state index in [1.54, 1.807) is 0 Å². The van der Waals surface area contributed by atoms with Crippen molar-refractivity contribution in [1.82, 2.24) is 0 Å². The molecule has 2 atom stereocenters. The Hall–Kier alpha value is -1.35. The highest BCUT2D eigenvalue weighted by atomic mass is 16.5. The molecule has 3 nitrogen and oxygen atoms in total. The number of rotatable bonds is 2. The molecule has 1 aromatic rings. The maximum absolute atomic E-state index is 11.8. The monoisotopic (exact) mass is 260 g/mol. The van der Waals surface area contributed by atoms with Gasteiger partial charge >= 0.3 is 0 Å². The summed E-state index contributed by atoms with van der Waals surface area (Å²) >= 11 is 0. The van der Waals surface area contributed by atoms with Gasteiger partial charge in [0.2, 0.25) is 0 Å². The minimum atomic E-state index is -0.355. The zero-order valence-corrected chi connectivity index (χ0v) is 11.1. The van der Waals surface area contributed by atoms with Gasteiger partial charge in [-0.1, -0.05) is 6.42 Å². The van der Waals surface area contributed by atoms with Gasteiger partial charge < -0.3 is 9.84 Å². The number of Topliss-reactive ketones (excluding diaryl/α,β-unsaturated/α-hetero) is 1. The fourth-order valence-electron chi connectivity index (χ4n) is 3.09. The average Bonchev–Trinajstić information content (AvgIpc) is 2.42. The second-order valence-corrected chi connectivity index (χ2v) is 5.60. The summed E-state index contributed by atoms with van der Waals surface area (Å²) in [7, 11) is 0. The fraction of sp³-hybridized carbons (Fsp3) is 0.562. The molecule has 2 aliphatic carbocycles. The van der Waals surface area contributed by atoms with Crippen molar-refractivity contribution in [3.63, 3.8) is 0 Å². The summed E-state index contributed by atoms with van der Waals surface area (Å²) in [5.74, 6) is 1.03. The second kappa shape index (κ2) is 5.33.